The standard InChI is InChI=1S/C9H10N2O4S/c10-9(12)7-4-11-8-2-1-5(3-6(7)8)16(13,14)15/h1-3,7,11H,4H2,(H2,10,12)(H,13,14,15). The number of fused-ring (bicyclic) bond motifs is 1. The summed E-state index contributed by atoms with van der Waals surface area (Å²) in [4.78, 5) is 10.9. The Bertz CT molecular complexity index is 553. The van der Waals surface area contributed by atoms with Crippen LogP contribution < -0.4 is 11.1 Å². The molecule has 1 unspecified atom stereocenters. The van der Waals surface area contributed by atoms with Crippen molar-refractivity contribution < 1.29 is 17.8 Å². The molecule has 1 aromatic carbocycles. The van der Waals surface area contributed by atoms with Crippen LogP contribution in [0.1, 0.15) is 11.5 Å². The minimum Gasteiger partial charge on any atom is -0.384 e. The number of primary amides is 1. The molecule has 0 fully saturated rings. The molecular formula is C9H10N2O4S. The van der Waals surface area contributed by atoms with Gasteiger partial charge in [-0.05, 0) is 23.8 Å². The minimum atomic E-state index is -4.25. The summed E-state index contributed by atoms with van der Waals surface area (Å²) < 4.78 is 30.7. The second kappa shape index (κ2) is 3.46. The van der Waals surface area contributed by atoms with E-state index in [1.807, 2.05) is 0 Å². The van der Waals surface area contributed by atoms with Crippen molar-refractivity contribution in [2.24, 2.45) is 5.73 Å². The van der Waals surface area contributed by atoms with Gasteiger partial charge < -0.3 is 11.1 Å². The van der Waals surface area contributed by atoms with Crippen molar-refractivity contribution in [3.63, 3.8) is 0 Å². The molecule has 1 aliphatic rings. The Labute approximate surface area is 92.2 Å². The van der Waals surface area contributed by atoms with E-state index in [1.165, 1.54) is 18.2 Å². The molecule has 86 valence electrons. The molecule has 0 saturated heterocycles. The lowest BCUT2D eigenvalue weighted by Gasteiger charge is -2.06. The highest BCUT2D eigenvalue weighted by Gasteiger charge is 2.28. The first-order chi connectivity index (χ1) is 7.39. The molecule has 0 bridgehead atoms. The van der Waals surface area contributed by atoms with Crippen LogP contribution in [-0.4, -0.2) is 25.4 Å². The molecular weight excluding hydrogens is 232 g/mol. The van der Waals surface area contributed by atoms with Crippen molar-refractivity contribution >= 4 is 21.7 Å². The van der Waals surface area contributed by atoms with Gasteiger partial charge in [0.1, 0.15) is 0 Å². The maximum atomic E-state index is 11.1. The Balaban J connectivity index is 2.54. The number of anilines is 1. The van der Waals surface area contributed by atoms with Crippen LogP contribution in [0.15, 0.2) is 23.1 Å². The Morgan fingerprint density at radius 2 is 2.19 bits per heavy atom. The number of amides is 1. The average Bonchev–Trinajstić information content (AvgIpc) is 2.58. The predicted molar refractivity (Wildman–Crippen MR) is 56.7 cm³/mol. The fourth-order valence-corrected chi connectivity index (χ4v) is 2.24. The summed E-state index contributed by atoms with van der Waals surface area (Å²) in [5, 5.41) is 2.93. The fourth-order valence-electron chi connectivity index (χ4n) is 1.73. The van der Waals surface area contributed by atoms with Crippen molar-refractivity contribution in [3.05, 3.63) is 23.8 Å². The topological polar surface area (TPSA) is 109 Å². The van der Waals surface area contributed by atoms with Gasteiger partial charge in [0.05, 0.1) is 10.8 Å². The molecule has 1 atom stereocenters. The average molecular weight is 242 g/mol. The van der Waals surface area contributed by atoms with Gasteiger partial charge in [-0.15, -0.1) is 0 Å². The first-order valence-corrected chi connectivity index (χ1v) is 5.98. The summed E-state index contributed by atoms with van der Waals surface area (Å²) in [5.74, 6) is -1.09. The normalized spacial score (nSPS) is 18.9. The third-order valence-corrected chi connectivity index (χ3v) is 3.39. The molecule has 16 heavy (non-hydrogen) atoms. The molecule has 0 spiro atoms. The summed E-state index contributed by atoms with van der Waals surface area (Å²) >= 11 is 0. The Hall–Kier alpha value is -1.60. The monoisotopic (exact) mass is 242 g/mol. The van der Waals surface area contributed by atoms with E-state index < -0.39 is 21.9 Å². The molecule has 7 heteroatoms. The number of carbonyl (C=O) groups excluding carboxylic acids is 1. The van der Waals surface area contributed by atoms with Crippen molar-refractivity contribution in [3.8, 4) is 0 Å². The van der Waals surface area contributed by atoms with E-state index >= 15 is 0 Å². The number of benzene rings is 1. The van der Waals surface area contributed by atoms with Crippen molar-refractivity contribution in [2.45, 2.75) is 10.8 Å². The lowest BCUT2D eigenvalue weighted by atomic mass is 10.0. The molecule has 0 aromatic heterocycles. The quantitative estimate of drug-likeness (QED) is 0.629. The fraction of sp³-hybridized carbons (Fsp3) is 0.222. The summed E-state index contributed by atoms with van der Waals surface area (Å²) in [6.45, 7) is 0.347. The lowest BCUT2D eigenvalue weighted by Crippen LogP contribution is -2.22. The van der Waals surface area contributed by atoms with Crippen LogP contribution in [0.2, 0.25) is 0 Å². The third kappa shape index (κ3) is 1.74. The summed E-state index contributed by atoms with van der Waals surface area (Å²) in [6.07, 6.45) is 0. The molecule has 6 nitrogen and oxygen atoms in total. The minimum absolute atomic E-state index is 0.235. The SMILES string of the molecule is NC(=O)C1CNc2ccc(S(=O)(=O)O)cc21. The second-order valence-electron chi connectivity index (χ2n) is 3.56. The Morgan fingerprint density at radius 3 is 2.75 bits per heavy atom. The molecule has 4 N–H and O–H groups in total. The smallest absolute Gasteiger partial charge is 0.294 e. The number of hydrogen-bond acceptors (Lipinski definition) is 4. The van der Waals surface area contributed by atoms with Crippen LogP contribution in [-0.2, 0) is 14.9 Å². The second-order valence-corrected chi connectivity index (χ2v) is 4.98. The van der Waals surface area contributed by atoms with Crippen LogP contribution in [0.5, 0.6) is 0 Å². The number of carbonyl (C=O) groups is 1. The van der Waals surface area contributed by atoms with E-state index in [4.69, 9.17) is 10.3 Å². The van der Waals surface area contributed by atoms with Crippen LogP contribution in [0.25, 0.3) is 0 Å². The van der Waals surface area contributed by atoms with Crippen LogP contribution in [0.3, 0.4) is 0 Å². The third-order valence-electron chi connectivity index (χ3n) is 2.54. The molecule has 1 heterocycles. The zero-order valence-electron chi connectivity index (χ0n) is 8.17. The molecule has 2 rings (SSSR count). The molecule has 0 saturated carbocycles. The Morgan fingerprint density at radius 1 is 1.50 bits per heavy atom. The first-order valence-electron chi connectivity index (χ1n) is 4.54. The molecule has 1 aliphatic heterocycles. The zero-order chi connectivity index (χ0) is 11.9. The largest absolute Gasteiger partial charge is 0.384 e. The van der Waals surface area contributed by atoms with Gasteiger partial charge in [-0.1, -0.05) is 0 Å². The van der Waals surface area contributed by atoms with Gasteiger partial charge in [0.25, 0.3) is 10.1 Å². The molecule has 1 aromatic rings. The van der Waals surface area contributed by atoms with Gasteiger partial charge >= 0.3 is 0 Å². The van der Waals surface area contributed by atoms with Crippen molar-refractivity contribution in [2.75, 3.05) is 11.9 Å². The highest BCUT2D eigenvalue weighted by atomic mass is 32.2. The van der Waals surface area contributed by atoms with Gasteiger partial charge in [0.15, 0.2) is 0 Å². The highest BCUT2D eigenvalue weighted by molar-refractivity contribution is 7.85. The van der Waals surface area contributed by atoms with Gasteiger partial charge in [-0.25, -0.2) is 0 Å². The van der Waals surface area contributed by atoms with Gasteiger partial charge in [0, 0.05) is 12.2 Å². The molecule has 1 amide bonds. The van der Waals surface area contributed by atoms with Gasteiger partial charge in [-0.3, -0.25) is 9.35 Å². The predicted octanol–water partition coefficient (Wildman–Crippen LogP) is -0.0723. The van der Waals surface area contributed by atoms with Crippen LogP contribution in [0.4, 0.5) is 5.69 Å². The number of nitrogens with two attached hydrogens (primary N) is 1. The van der Waals surface area contributed by atoms with E-state index in [0.29, 0.717) is 17.8 Å². The van der Waals surface area contributed by atoms with Crippen molar-refractivity contribution in [1.29, 1.82) is 0 Å². The molecule has 0 radical (unpaired) electrons. The number of nitrogens with one attached hydrogen (secondary N) is 1. The summed E-state index contributed by atoms with van der Waals surface area (Å²) in [5.41, 5.74) is 6.35. The highest BCUT2D eigenvalue weighted by Crippen LogP contribution is 2.32. The van der Waals surface area contributed by atoms with E-state index in [-0.39, 0.29) is 4.90 Å². The maximum absolute atomic E-state index is 11.1. The van der Waals surface area contributed by atoms with Crippen LogP contribution in [0, 0.1) is 0 Å². The maximum Gasteiger partial charge on any atom is 0.294 e. The lowest BCUT2D eigenvalue weighted by molar-refractivity contribution is -0.119. The summed E-state index contributed by atoms with van der Waals surface area (Å²) in [6, 6.07) is 4.03. The Kier molecular flexibility index (Phi) is 2.36. The van der Waals surface area contributed by atoms with E-state index in [0.717, 1.165) is 0 Å². The molecule has 0 aliphatic carbocycles. The number of hydrogen-bond donors (Lipinski definition) is 3. The van der Waals surface area contributed by atoms with E-state index in [1.54, 1.807) is 0 Å². The van der Waals surface area contributed by atoms with Crippen molar-refractivity contribution in [1.82, 2.24) is 0 Å². The van der Waals surface area contributed by atoms with Gasteiger partial charge in [-0.2, -0.15) is 8.42 Å². The van der Waals surface area contributed by atoms with E-state index in [2.05, 4.69) is 5.32 Å². The van der Waals surface area contributed by atoms with Gasteiger partial charge in [0.2, 0.25) is 5.91 Å². The summed E-state index contributed by atoms with van der Waals surface area (Å²) in [7, 11) is -4.25. The number of rotatable bonds is 2. The van der Waals surface area contributed by atoms with E-state index in [9.17, 15) is 13.2 Å². The zero-order valence-corrected chi connectivity index (χ0v) is 8.99. The van der Waals surface area contributed by atoms with Crippen LogP contribution >= 0.6 is 0 Å². The first kappa shape index (κ1) is 10.9.